The third-order valence-corrected chi connectivity index (χ3v) is 2.82. The van der Waals surface area contributed by atoms with Crippen LogP contribution in [-0.2, 0) is 9.47 Å². The van der Waals surface area contributed by atoms with Crippen LogP contribution in [0.3, 0.4) is 0 Å². The van der Waals surface area contributed by atoms with Crippen LogP contribution in [0.1, 0.15) is 0 Å². The van der Waals surface area contributed by atoms with Crippen molar-refractivity contribution in [2.45, 2.75) is 12.3 Å². The van der Waals surface area contributed by atoms with Gasteiger partial charge in [-0.25, -0.2) is 4.79 Å². The van der Waals surface area contributed by atoms with Crippen molar-refractivity contribution in [2.24, 2.45) is 11.5 Å². The van der Waals surface area contributed by atoms with E-state index in [1.54, 1.807) is 9.80 Å². The fraction of sp³-hybridized carbons (Fsp3) is 0.889. The van der Waals surface area contributed by atoms with E-state index in [9.17, 15) is 4.79 Å². The van der Waals surface area contributed by atoms with E-state index in [1.807, 2.05) is 0 Å². The first-order valence-electron chi connectivity index (χ1n) is 5.44. The van der Waals surface area contributed by atoms with Crippen LogP contribution < -0.4 is 11.5 Å². The number of carbonyl (C=O) groups is 1. The Morgan fingerprint density at radius 1 is 1.00 bits per heavy atom. The molecule has 2 saturated heterocycles. The molecule has 2 amide bonds. The number of nitrogens with zero attached hydrogens (tertiary/aromatic N) is 2. The number of carbonyl (C=O) groups excluding carboxylic acids is 1. The summed E-state index contributed by atoms with van der Waals surface area (Å²) in [5.74, 6) is 0. The first-order chi connectivity index (χ1) is 7.70. The minimum atomic E-state index is -0.378. The maximum Gasteiger partial charge on any atom is 0.322 e. The molecule has 4 N–H and O–H groups in total. The van der Waals surface area contributed by atoms with Gasteiger partial charge in [-0.15, -0.1) is 0 Å². The van der Waals surface area contributed by atoms with Gasteiger partial charge >= 0.3 is 6.03 Å². The Morgan fingerprint density at radius 2 is 1.44 bits per heavy atom. The second-order valence-corrected chi connectivity index (χ2v) is 3.95. The second-order valence-electron chi connectivity index (χ2n) is 3.95. The lowest BCUT2D eigenvalue weighted by atomic mass is 10.3. The van der Waals surface area contributed by atoms with E-state index in [4.69, 9.17) is 20.9 Å². The van der Waals surface area contributed by atoms with E-state index in [1.165, 1.54) is 0 Å². The number of ether oxygens (including phenoxy) is 2. The number of rotatable bonds is 0. The van der Waals surface area contributed by atoms with Crippen LogP contribution >= 0.6 is 0 Å². The van der Waals surface area contributed by atoms with Gasteiger partial charge < -0.3 is 30.7 Å². The van der Waals surface area contributed by atoms with Gasteiger partial charge in [-0.2, -0.15) is 0 Å². The average molecular weight is 230 g/mol. The van der Waals surface area contributed by atoms with Gasteiger partial charge in [0, 0.05) is 13.1 Å². The van der Waals surface area contributed by atoms with E-state index >= 15 is 0 Å². The second kappa shape index (κ2) is 4.96. The summed E-state index contributed by atoms with van der Waals surface area (Å²) in [6.07, 6.45) is -0.757. The minimum absolute atomic E-state index is 0.119. The van der Waals surface area contributed by atoms with Gasteiger partial charge in [-0.1, -0.05) is 0 Å². The molecule has 16 heavy (non-hydrogen) atoms. The average Bonchev–Trinajstić information content (AvgIpc) is 2.29. The zero-order chi connectivity index (χ0) is 11.5. The van der Waals surface area contributed by atoms with Crippen LogP contribution in [0.25, 0.3) is 0 Å². The first-order valence-corrected chi connectivity index (χ1v) is 5.44. The van der Waals surface area contributed by atoms with Gasteiger partial charge in [0.2, 0.25) is 0 Å². The Bertz CT molecular complexity index is 239. The number of urea groups is 1. The highest BCUT2D eigenvalue weighted by molar-refractivity contribution is 5.75. The Hall–Kier alpha value is -0.890. The Kier molecular flexibility index (Phi) is 3.59. The third kappa shape index (κ3) is 2.27. The molecule has 2 rings (SSSR count). The van der Waals surface area contributed by atoms with Gasteiger partial charge in [0.15, 0.2) is 0 Å². The highest BCUT2D eigenvalue weighted by Gasteiger charge is 2.32. The molecule has 2 fully saturated rings. The predicted octanol–water partition coefficient (Wildman–Crippen LogP) is -1.66. The number of hydrogen-bond acceptors (Lipinski definition) is 5. The fourth-order valence-electron chi connectivity index (χ4n) is 1.89. The van der Waals surface area contributed by atoms with Crippen molar-refractivity contribution in [1.82, 2.24) is 9.80 Å². The molecule has 0 radical (unpaired) electrons. The lowest BCUT2D eigenvalue weighted by Crippen LogP contribution is -2.62. The van der Waals surface area contributed by atoms with Crippen molar-refractivity contribution < 1.29 is 14.3 Å². The molecular formula is C9H18N4O3. The van der Waals surface area contributed by atoms with Crippen LogP contribution in [0, 0.1) is 0 Å². The highest BCUT2D eigenvalue weighted by Crippen LogP contribution is 2.10. The van der Waals surface area contributed by atoms with Crippen LogP contribution in [0.2, 0.25) is 0 Å². The molecule has 7 nitrogen and oxygen atoms in total. The van der Waals surface area contributed by atoms with E-state index in [0.717, 1.165) is 0 Å². The van der Waals surface area contributed by atoms with Crippen LogP contribution in [0.5, 0.6) is 0 Å². The number of morpholine rings is 2. The summed E-state index contributed by atoms with van der Waals surface area (Å²) in [6.45, 7) is 2.85. The van der Waals surface area contributed by atoms with Gasteiger partial charge in [0.1, 0.15) is 12.3 Å². The van der Waals surface area contributed by atoms with Crippen molar-refractivity contribution in [3.63, 3.8) is 0 Å². The summed E-state index contributed by atoms with van der Waals surface area (Å²) >= 11 is 0. The van der Waals surface area contributed by atoms with Crippen LogP contribution in [0.4, 0.5) is 4.79 Å². The Morgan fingerprint density at radius 3 is 1.81 bits per heavy atom. The standard InChI is InChI=1S/C9H18N4O3/c10-7-5-15-3-1-12(7)9(14)13-2-4-16-6-8(13)11/h7-8H,1-6,10-11H2. The zero-order valence-corrected chi connectivity index (χ0v) is 9.17. The molecular weight excluding hydrogens is 212 g/mol. The SMILES string of the molecule is NC1COCCN1C(=O)N1CCOCC1N. The van der Waals surface area contributed by atoms with Gasteiger partial charge in [0.25, 0.3) is 0 Å². The molecule has 2 unspecified atom stereocenters. The quantitative estimate of drug-likeness (QED) is 0.519. The van der Waals surface area contributed by atoms with E-state index in [0.29, 0.717) is 39.5 Å². The molecule has 2 aliphatic heterocycles. The molecule has 2 heterocycles. The highest BCUT2D eigenvalue weighted by atomic mass is 16.5. The summed E-state index contributed by atoms with van der Waals surface area (Å²) in [5, 5.41) is 0. The fourth-order valence-corrected chi connectivity index (χ4v) is 1.89. The van der Waals surface area contributed by atoms with Gasteiger partial charge in [-0.3, -0.25) is 0 Å². The molecule has 0 aromatic carbocycles. The van der Waals surface area contributed by atoms with E-state index < -0.39 is 0 Å². The molecule has 2 atom stereocenters. The number of amides is 2. The van der Waals surface area contributed by atoms with Gasteiger partial charge in [0.05, 0.1) is 26.4 Å². The molecule has 0 spiro atoms. The van der Waals surface area contributed by atoms with Crippen molar-refractivity contribution in [1.29, 1.82) is 0 Å². The summed E-state index contributed by atoms with van der Waals surface area (Å²) in [5.41, 5.74) is 11.6. The van der Waals surface area contributed by atoms with E-state index in [2.05, 4.69) is 0 Å². The number of nitrogens with two attached hydrogens (primary N) is 2. The van der Waals surface area contributed by atoms with Crippen molar-refractivity contribution >= 4 is 6.03 Å². The predicted molar refractivity (Wildman–Crippen MR) is 56.4 cm³/mol. The van der Waals surface area contributed by atoms with Crippen molar-refractivity contribution in [2.75, 3.05) is 39.5 Å². The molecule has 0 aliphatic carbocycles. The molecule has 92 valence electrons. The minimum Gasteiger partial charge on any atom is -0.376 e. The first kappa shape index (κ1) is 11.6. The monoisotopic (exact) mass is 230 g/mol. The topological polar surface area (TPSA) is 94.0 Å². The van der Waals surface area contributed by atoms with Crippen molar-refractivity contribution in [3.8, 4) is 0 Å². The summed E-state index contributed by atoms with van der Waals surface area (Å²) in [6, 6.07) is -0.119. The molecule has 0 bridgehead atoms. The summed E-state index contributed by atoms with van der Waals surface area (Å²) in [7, 11) is 0. The molecule has 0 aromatic heterocycles. The lowest BCUT2D eigenvalue weighted by molar-refractivity contribution is -0.0225. The smallest absolute Gasteiger partial charge is 0.322 e. The Labute approximate surface area is 94.2 Å². The van der Waals surface area contributed by atoms with Crippen LogP contribution in [-0.4, -0.2) is 67.7 Å². The normalized spacial score (nSPS) is 31.6. The molecule has 0 aromatic rings. The summed E-state index contributed by atoms with van der Waals surface area (Å²) in [4.78, 5) is 15.4. The molecule has 0 saturated carbocycles. The summed E-state index contributed by atoms with van der Waals surface area (Å²) < 4.78 is 10.4. The third-order valence-electron chi connectivity index (χ3n) is 2.82. The van der Waals surface area contributed by atoms with Crippen molar-refractivity contribution in [3.05, 3.63) is 0 Å². The Balaban J connectivity index is 1.99. The molecule has 2 aliphatic rings. The lowest BCUT2D eigenvalue weighted by Gasteiger charge is -2.40. The zero-order valence-electron chi connectivity index (χ0n) is 9.17. The largest absolute Gasteiger partial charge is 0.376 e. The van der Waals surface area contributed by atoms with Crippen LogP contribution in [0.15, 0.2) is 0 Å². The maximum atomic E-state index is 12.2. The molecule has 7 heteroatoms. The van der Waals surface area contributed by atoms with Gasteiger partial charge in [-0.05, 0) is 0 Å². The van der Waals surface area contributed by atoms with E-state index in [-0.39, 0.29) is 18.4 Å². The maximum absolute atomic E-state index is 12.2. The number of hydrogen-bond donors (Lipinski definition) is 2.